The molecule has 0 aliphatic carbocycles. The first-order valence-electron chi connectivity index (χ1n) is 8.88. The van der Waals surface area contributed by atoms with Gasteiger partial charge in [-0.3, -0.25) is 4.79 Å². The van der Waals surface area contributed by atoms with Crippen molar-refractivity contribution in [2.24, 2.45) is 0 Å². The Bertz CT molecular complexity index is 1260. The second-order valence-electron chi connectivity index (χ2n) is 6.35. The van der Waals surface area contributed by atoms with Crippen LogP contribution in [-0.4, -0.2) is 25.1 Å². The molecule has 0 fully saturated rings. The quantitative estimate of drug-likeness (QED) is 0.317. The van der Waals surface area contributed by atoms with Gasteiger partial charge in [0.1, 0.15) is 17.0 Å². The summed E-state index contributed by atoms with van der Waals surface area (Å²) in [6, 6.07) is 15.9. The summed E-state index contributed by atoms with van der Waals surface area (Å²) in [5, 5.41) is 3.42. The Morgan fingerprint density at radius 3 is 2.67 bits per heavy atom. The highest BCUT2D eigenvalue weighted by Gasteiger charge is 2.16. The first kappa shape index (κ1) is 20.5. The number of hydrogen-bond donors (Lipinski definition) is 1. The Labute approximate surface area is 191 Å². The SMILES string of the molecule is COc1ccc(C(=O)Nc2ccc3oc(-c4cc(I)ccc4Cl)nc3c2)c(OC)c1. The molecular formula is C22H16ClIN2O4. The van der Waals surface area contributed by atoms with Crippen molar-refractivity contribution < 1.29 is 18.7 Å². The maximum Gasteiger partial charge on any atom is 0.259 e. The molecule has 4 aromatic rings. The molecule has 1 aromatic heterocycles. The van der Waals surface area contributed by atoms with E-state index >= 15 is 0 Å². The van der Waals surface area contributed by atoms with Gasteiger partial charge in [0.05, 0.1) is 30.4 Å². The molecule has 0 aliphatic rings. The van der Waals surface area contributed by atoms with Crippen molar-refractivity contribution in [2.75, 3.05) is 19.5 Å². The minimum absolute atomic E-state index is 0.307. The number of anilines is 1. The van der Waals surface area contributed by atoms with Crippen LogP contribution in [-0.2, 0) is 0 Å². The highest BCUT2D eigenvalue weighted by molar-refractivity contribution is 14.1. The molecule has 0 aliphatic heterocycles. The molecule has 8 heteroatoms. The Balaban J connectivity index is 1.63. The van der Waals surface area contributed by atoms with Gasteiger partial charge in [-0.05, 0) is 71.1 Å². The third-order valence-corrected chi connectivity index (χ3v) is 5.46. The molecule has 0 unspecified atom stereocenters. The van der Waals surface area contributed by atoms with Gasteiger partial charge in [0.2, 0.25) is 5.89 Å². The average Bonchev–Trinajstić information content (AvgIpc) is 3.18. The normalized spacial score (nSPS) is 10.8. The smallest absolute Gasteiger partial charge is 0.259 e. The van der Waals surface area contributed by atoms with Crippen LogP contribution in [0.4, 0.5) is 5.69 Å². The Morgan fingerprint density at radius 1 is 1.07 bits per heavy atom. The van der Waals surface area contributed by atoms with E-state index in [4.69, 9.17) is 25.5 Å². The first-order chi connectivity index (χ1) is 14.5. The fourth-order valence-corrected chi connectivity index (χ4v) is 3.66. The lowest BCUT2D eigenvalue weighted by Crippen LogP contribution is -2.13. The van der Waals surface area contributed by atoms with Crippen LogP contribution < -0.4 is 14.8 Å². The molecule has 1 heterocycles. The molecule has 30 heavy (non-hydrogen) atoms. The summed E-state index contributed by atoms with van der Waals surface area (Å²) in [6.45, 7) is 0. The van der Waals surface area contributed by atoms with Gasteiger partial charge in [0.15, 0.2) is 5.58 Å². The summed E-state index contributed by atoms with van der Waals surface area (Å²) >= 11 is 8.50. The molecule has 0 bridgehead atoms. The fourth-order valence-electron chi connectivity index (χ4n) is 2.97. The number of carbonyl (C=O) groups excluding carboxylic acids is 1. The summed E-state index contributed by atoms with van der Waals surface area (Å²) in [6.07, 6.45) is 0. The molecule has 1 amide bonds. The molecule has 0 saturated heterocycles. The highest BCUT2D eigenvalue weighted by Crippen LogP contribution is 2.32. The summed E-state index contributed by atoms with van der Waals surface area (Å²) in [5.41, 5.74) is 2.90. The number of aromatic nitrogens is 1. The fraction of sp³-hybridized carbons (Fsp3) is 0.0909. The number of fused-ring (bicyclic) bond motifs is 1. The zero-order chi connectivity index (χ0) is 21.3. The van der Waals surface area contributed by atoms with Crippen molar-refractivity contribution >= 4 is 56.9 Å². The second kappa shape index (κ2) is 8.53. The van der Waals surface area contributed by atoms with E-state index in [9.17, 15) is 4.79 Å². The molecule has 1 N–H and O–H groups in total. The number of oxazole rings is 1. The maximum absolute atomic E-state index is 12.7. The van der Waals surface area contributed by atoms with E-state index < -0.39 is 0 Å². The number of carbonyl (C=O) groups is 1. The minimum atomic E-state index is -0.307. The van der Waals surface area contributed by atoms with Crippen LogP contribution in [0.25, 0.3) is 22.6 Å². The number of rotatable bonds is 5. The molecule has 4 rings (SSSR count). The van der Waals surface area contributed by atoms with Gasteiger partial charge in [0, 0.05) is 15.3 Å². The van der Waals surface area contributed by atoms with Crippen molar-refractivity contribution in [1.82, 2.24) is 4.98 Å². The lowest BCUT2D eigenvalue weighted by atomic mass is 10.1. The number of halogens is 2. The van der Waals surface area contributed by atoms with E-state index in [0.717, 1.165) is 3.57 Å². The van der Waals surface area contributed by atoms with Gasteiger partial charge in [0.25, 0.3) is 5.91 Å². The number of nitrogens with zero attached hydrogens (tertiary/aromatic N) is 1. The predicted octanol–water partition coefficient (Wildman–Crippen LogP) is 6.02. The van der Waals surface area contributed by atoms with Crippen molar-refractivity contribution in [2.45, 2.75) is 0 Å². The van der Waals surface area contributed by atoms with Crippen LogP contribution in [0.2, 0.25) is 5.02 Å². The van der Waals surface area contributed by atoms with Crippen LogP contribution in [0.15, 0.2) is 59.0 Å². The van der Waals surface area contributed by atoms with E-state index in [1.165, 1.54) is 7.11 Å². The highest BCUT2D eigenvalue weighted by atomic mass is 127. The largest absolute Gasteiger partial charge is 0.497 e. The lowest BCUT2D eigenvalue weighted by Gasteiger charge is -2.10. The van der Waals surface area contributed by atoms with Crippen molar-refractivity contribution in [3.05, 3.63) is 68.8 Å². The molecule has 6 nitrogen and oxygen atoms in total. The topological polar surface area (TPSA) is 73.6 Å². The van der Waals surface area contributed by atoms with Crippen LogP contribution >= 0.6 is 34.2 Å². The summed E-state index contributed by atoms with van der Waals surface area (Å²) in [7, 11) is 3.06. The molecule has 3 aromatic carbocycles. The Kier molecular flexibility index (Phi) is 5.83. The molecule has 0 spiro atoms. The summed E-state index contributed by atoms with van der Waals surface area (Å²) in [4.78, 5) is 17.3. The Hall–Kier alpha value is -2.78. The Morgan fingerprint density at radius 2 is 1.90 bits per heavy atom. The molecule has 0 radical (unpaired) electrons. The summed E-state index contributed by atoms with van der Waals surface area (Å²) in [5.74, 6) is 1.14. The standard InChI is InChI=1S/C22H16ClIN2O4/c1-28-14-5-6-15(20(11-14)29-2)21(27)25-13-4-8-19-18(10-13)26-22(30-19)16-9-12(24)3-7-17(16)23/h3-11H,1-2H3,(H,25,27). The molecular weight excluding hydrogens is 519 g/mol. The van der Waals surface area contributed by atoms with E-state index in [1.54, 1.807) is 49.6 Å². The predicted molar refractivity (Wildman–Crippen MR) is 125 cm³/mol. The number of amides is 1. The number of hydrogen-bond acceptors (Lipinski definition) is 5. The average molecular weight is 535 g/mol. The van der Waals surface area contributed by atoms with Gasteiger partial charge < -0.3 is 19.2 Å². The van der Waals surface area contributed by atoms with Crippen molar-refractivity contribution in [3.63, 3.8) is 0 Å². The van der Waals surface area contributed by atoms with E-state index in [-0.39, 0.29) is 5.91 Å². The van der Waals surface area contributed by atoms with E-state index in [0.29, 0.717) is 50.3 Å². The zero-order valence-corrected chi connectivity index (χ0v) is 18.9. The van der Waals surface area contributed by atoms with Crippen LogP contribution in [0.3, 0.4) is 0 Å². The maximum atomic E-state index is 12.7. The number of methoxy groups -OCH3 is 2. The van der Waals surface area contributed by atoms with E-state index in [2.05, 4.69) is 32.9 Å². The lowest BCUT2D eigenvalue weighted by molar-refractivity contribution is 0.102. The number of ether oxygens (including phenoxy) is 2. The number of benzene rings is 3. The molecule has 0 atom stereocenters. The molecule has 0 saturated carbocycles. The van der Waals surface area contributed by atoms with Crippen molar-refractivity contribution in [3.8, 4) is 23.0 Å². The molecule has 152 valence electrons. The van der Waals surface area contributed by atoms with Crippen molar-refractivity contribution in [1.29, 1.82) is 0 Å². The first-order valence-corrected chi connectivity index (χ1v) is 10.3. The van der Waals surface area contributed by atoms with Gasteiger partial charge in [-0.2, -0.15) is 0 Å². The van der Waals surface area contributed by atoms with Crippen LogP contribution in [0.1, 0.15) is 10.4 Å². The zero-order valence-electron chi connectivity index (χ0n) is 16.0. The monoisotopic (exact) mass is 534 g/mol. The third-order valence-electron chi connectivity index (χ3n) is 4.46. The summed E-state index contributed by atoms with van der Waals surface area (Å²) < 4.78 is 17.4. The van der Waals surface area contributed by atoms with Crippen LogP contribution in [0, 0.1) is 3.57 Å². The van der Waals surface area contributed by atoms with Gasteiger partial charge in [-0.1, -0.05) is 11.6 Å². The third kappa shape index (κ3) is 4.08. The van der Waals surface area contributed by atoms with Crippen LogP contribution in [0.5, 0.6) is 11.5 Å². The van der Waals surface area contributed by atoms with Gasteiger partial charge in [-0.15, -0.1) is 0 Å². The minimum Gasteiger partial charge on any atom is -0.497 e. The van der Waals surface area contributed by atoms with Gasteiger partial charge in [-0.25, -0.2) is 4.98 Å². The van der Waals surface area contributed by atoms with Gasteiger partial charge >= 0.3 is 0 Å². The van der Waals surface area contributed by atoms with E-state index in [1.807, 2.05) is 12.1 Å². The second-order valence-corrected chi connectivity index (χ2v) is 8.00. The number of nitrogens with one attached hydrogen (secondary N) is 1.